The first-order chi connectivity index (χ1) is 12.0. The molecule has 0 radical (unpaired) electrons. The Morgan fingerprint density at radius 2 is 2.08 bits per heavy atom. The van der Waals surface area contributed by atoms with Gasteiger partial charge < -0.3 is 5.32 Å². The predicted octanol–water partition coefficient (Wildman–Crippen LogP) is 6.72. The molecule has 0 aromatic heterocycles. The van der Waals surface area contributed by atoms with Crippen molar-refractivity contribution in [2.24, 2.45) is 5.92 Å². The highest BCUT2D eigenvalue weighted by atomic mass is 35.5. The Labute approximate surface area is 157 Å². The predicted molar refractivity (Wildman–Crippen MR) is 107 cm³/mol. The van der Waals surface area contributed by atoms with E-state index in [9.17, 15) is 4.39 Å². The Morgan fingerprint density at radius 3 is 2.68 bits per heavy atom. The summed E-state index contributed by atoms with van der Waals surface area (Å²) in [5.41, 5.74) is 5.69. The fourth-order valence-corrected chi connectivity index (χ4v) is 3.91. The van der Waals surface area contributed by atoms with E-state index in [1.165, 1.54) is 16.8 Å². The minimum atomic E-state index is -0.428. The van der Waals surface area contributed by atoms with Gasteiger partial charge in [-0.15, -0.1) is 0 Å². The topological polar surface area (TPSA) is 12.0 Å². The molecule has 0 bridgehead atoms. The van der Waals surface area contributed by atoms with Crippen LogP contribution < -0.4 is 5.32 Å². The first kappa shape index (κ1) is 20.0. The summed E-state index contributed by atoms with van der Waals surface area (Å²) in [6, 6.07) is 4.02. The molecule has 1 aromatic rings. The Kier molecular flexibility index (Phi) is 7.56. The Hall–Kier alpha value is -1.28. The number of likely N-dealkylation sites (N-methyl/N-ethyl adjacent to an activating group) is 1. The van der Waals surface area contributed by atoms with Crippen LogP contribution in [0.3, 0.4) is 0 Å². The van der Waals surface area contributed by atoms with Crippen LogP contribution in [0.25, 0.3) is 0 Å². The highest BCUT2D eigenvalue weighted by molar-refractivity contribution is 6.31. The van der Waals surface area contributed by atoms with Crippen LogP contribution in [0.5, 0.6) is 0 Å². The summed E-state index contributed by atoms with van der Waals surface area (Å²) in [5, 5.41) is 4.08. The standard InChI is InChI=1S/C22H31ClFN/c1-5-8-16-11-21(18(14-24)13-22(16)23)20-12-17(20)9-15(4)10-19(6-2)25-7-3/h6,10-11,13,17,20,25H,5,7-9,12,14H2,1-4H3/b15-10+,19-6+. The number of alkyl halides is 1. The van der Waals surface area contributed by atoms with Gasteiger partial charge in [0.1, 0.15) is 6.67 Å². The summed E-state index contributed by atoms with van der Waals surface area (Å²) in [5.74, 6) is 1.10. The van der Waals surface area contributed by atoms with Crippen LogP contribution in [0.1, 0.15) is 69.6 Å². The molecule has 0 spiro atoms. The van der Waals surface area contributed by atoms with E-state index in [-0.39, 0.29) is 0 Å². The van der Waals surface area contributed by atoms with Gasteiger partial charge in [-0.25, -0.2) is 4.39 Å². The van der Waals surface area contributed by atoms with E-state index in [4.69, 9.17) is 11.6 Å². The van der Waals surface area contributed by atoms with Crippen LogP contribution in [0.15, 0.2) is 35.6 Å². The van der Waals surface area contributed by atoms with Gasteiger partial charge in [0.15, 0.2) is 0 Å². The van der Waals surface area contributed by atoms with Crippen molar-refractivity contribution in [3.63, 3.8) is 0 Å². The molecule has 138 valence electrons. The van der Waals surface area contributed by atoms with Crippen molar-refractivity contribution in [3.05, 3.63) is 57.3 Å². The molecule has 2 rings (SSSR count). The Balaban J connectivity index is 2.10. The first-order valence-electron chi connectivity index (χ1n) is 9.48. The van der Waals surface area contributed by atoms with Crippen LogP contribution in [0.4, 0.5) is 4.39 Å². The highest BCUT2D eigenvalue weighted by Crippen LogP contribution is 2.52. The van der Waals surface area contributed by atoms with Crippen LogP contribution in [0, 0.1) is 5.92 Å². The number of benzene rings is 1. The minimum absolute atomic E-state index is 0.428. The summed E-state index contributed by atoms with van der Waals surface area (Å²) >= 11 is 6.32. The molecule has 1 saturated carbocycles. The van der Waals surface area contributed by atoms with Crippen molar-refractivity contribution in [1.29, 1.82) is 0 Å². The van der Waals surface area contributed by atoms with Gasteiger partial charge in [0, 0.05) is 17.3 Å². The molecule has 1 fully saturated rings. The number of nitrogens with one attached hydrogen (secondary N) is 1. The van der Waals surface area contributed by atoms with Crippen molar-refractivity contribution >= 4 is 11.6 Å². The van der Waals surface area contributed by atoms with Gasteiger partial charge in [-0.3, -0.25) is 0 Å². The molecular formula is C22H31ClFN. The summed E-state index contributed by atoms with van der Waals surface area (Å²) in [4.78, 5) is 0. The molecule has 0 aliphatic heterocycles. The summed E-state index contributed by atoms with van der Waals surface area (Å²) < 4.78 is 13.5. The van der Waals surface area contributed by atoms with E-state index in [0.29, 0.717) is 11.8 Å². The van der Waals surface area contributed by atoms with Crippen LogP contribution >= 0.6 is 11.6 Å². The lowest BCUT2D eigenvalue weighted by molar-refractivity contribution is 0.482. The summed E-state index contributed by atoms with van der Waals surface area (Å²) in [6.45, 7) is 9.00. The molecule has 0 saturated heterocycles. The summed E-state index contributed by atoms with van der Waals surface area (Å²) in [6.07, 6.45) is 8.58. The molecule has 0 heterocycles. The second-order valence-electron chi connectivity index (χ2n) is 7.10. The van der Waals surface area contributed by atoms with Gasteiger partial charge in [0.05, 0.1) is 0 Å². The highest BCUT2D eigenvalue weighted by Gasteiger charge is 2.39. The lowest BCUT2D eigenvalue weighted by atomic mass is 9.96. The maximum atomic E-state index is 13.5. The fraction of sp³-hybridized carbons (Fsp3) is 0.545. The molecular weight excluding hydrogens is 333 g/mol. The number of halogens is 2. The normalized spacial score (nSPS) is 20.7. The van der Waals surface area contributed by atoms with Gasteiger partial charge in [-0.05, 0) is 80.7 Å². The Morgan fingerprint density at radius 1 is 1.32 bits per heavy atom. The smallest absolute Gasteiger partial charge is 0.115 e. The monoisotopic (exact) mass is 363 g/mol. The number of allylic oxidation sites excluding steroid dienone is 3. The van der Waals surface area contributed by atoms with Crippen molar-refractivity contribution in [2.45, 2.75) is 66.0 Å². The SMILES string of the molecule is C/C=C(\C=C(/C)CC1CC1c1cc(CCC)c(Cl)cc1CF)NCC. The molecule has 25 heavy (non-hydrogen) atoms. The van der Waals surface area contributed by atoms with E-state index >= 15 is 0 Å². The second-order valence-corrected chi connectivity index (χ2v) is 7.50. The first-order valence-corrected chi connectivity index (χ1v) is 9.86. The van der Waals surface area contributed by atoms with E-state index < -0.39 is 6.67 Å². The second kappa shape index (κ2) is 9.43. The molecule has 3 heteroatoms. The largest absolute Gasteiger partial charge is 0.386 e. The van der Waals surface area contributed by atoms with Gasteiger partial charge in [0.2, 0.25) is 0 Å². The number of rotatable bonds is 9. The van der Waals surface area contributed by atoms with Crippen LogP contribution in [-0.4, -0.2) is 6.54 Å². The molecule has 1 aliphatic rings. The third-order valence-corrected chi connectivity index (χ3v) is 5.32. The molecule has 1 N–H and O–H groups in total. The summed E-state index contributed by atoms with van der Waals surface area (Å²) in [7, 11) is 0. The maximum Gasteiger partial charge on any atom is 0.115 e. The zero-order chi connectivity index (χ0) is 18.4. The van der Waals surface area contributed by atoms with Crippen molar-refractivity contribution in [1.82, 2.24) is 5.32 Å². The zero-order valence-corrected chi connectivity index (χ0v) is 16.7. The average molecular weight is 364 g/mol. The average Bonchev–Trinajstić information content (AvgIpc) is 3.34. The lowest BCUT2D eigenvalue weighted by Gasteiger charge is -2.12. The van der Waals surface area contributed by atoms with E-state index in [0.717, 1.165) is 48.4 Å². The number of hydrogen-bond donors (Lipinski definition) is 1. The number of aryl methyl sites for hydroxylation is 1. The third-order valence-electron chi connectivity index (χ3n) is 4.97. The maximum absolute atomic E-state index is 13.5. The van der Waals surface area contributed by atoms with Crippen molar-refractivity contribution < 1.29 is 4.39 Å². The van der Waals surface area contributed by atoms with Crippen molar-refractivity contribution in [3.8, 4) is 0 Å². The molecule has 0 amide bonds. The van der Waals surface area contributed by atoms with Crippen molar-refractivity contribution in [2.75, 3.05) is 6.54 Å². The molecule has 1 aliphatic carbocycles. The van der Waals surface area contributed by atoms with E-state index in [2.05, 4.69) is 51.2 Å². The van der Waals surface area contributed by atoms with Gasteiger partial charge in [0.25, 0.3) is 0 Å². The Bertz CT molecular complexity index is 648. The van der Waals surface area contributed by atoms with E-state index in [1.807, 2.05) is 6.07 Å². The number of hydrogen-bond acceptors (Lipinski definition) is 1. The van der Waals surface area contributed by atoms with E-state index in [1.54, 1.807) is 0 Å². The third kappa shape index (κ3) is 5.34. The molecule has 2 atom stereocenters. The minimum Gasteiger partial charge on any atom is -0.386 e. The van der Waals surface area contributed by atoms with Gasteiger partial charge >= 0.3 is 0 Å². The molecule has 1 nitrogen and oxygen atoms in total. The molecule has 2 unspecified atom stereocenters. The van der Waals surface area contributed by atoms with Crippen LogP contribution in [-0.2, 0) is 13.1 Å². The van der Waals surface area contributed by atoms with Gasteiger partial charge in [-0.1, -0.05) is 42.7 Å². The van der Waals surface area contributed by atoms with Crippen LogP contribution in [0.2, 0.25) is 5.02 Å². The zero-order valence-electron chi connectivity index (χ0n) is 16.0. The quantitative estimate of drug-likeness (QED) is 0.480. The fourth-order valence-electron chi connectivity index (χ4n) is 3.63. The molecule has 1 aromatic carbocycles. The van der Waals surface area contributed by atoms with Gasteiger partial charge in [-0.2, -0.15) is 0 Å². The lowest BCUT2D eigenvalue weighted by Crippen LogP contribution is -2.10.